The van der Waals surface area contributed by atoms with E-state index in [1.807, 2.05) is 30.3 Å². The van der Waals surface area contributed by atoms with Crippen molar-refractivity contribution in [2.45, 2.75) is 110 Å². The first-order chi connectivity index (χ1) is 25.3. The van der Waals surface area contributed by atoms with Gasteiger partial charge in [-0.1, -0.05) is 117 Å². The Hall–Kier alpha value is -2.65. The summed E-state index contributed by atoms with van der Waals surface area (Å²) in [6.45, 7) is 16.7. The second-order valence-electron chi connectivity index (χ2n) is 14.6. The number of hydrogen-bond acceptors (Lipinski definition) is 9. The molecule has 3 unspecified atom stereocenters. The molecule has 0 saturated heterocycles. The number of aryl methyl sites for hydroxylation is 1. The Balaban J connectivity index is 0.00000406. The molecule has 55 heavy (non-hydrogen) atoms. The number of sulfonamides is 1. The number of ether oxygens (including phenoxy) is 1. The predicted molar refractivity (Wildman–Crippen MR) is 216 cm³/mol. The van der Waals surface area contributed by atoms with Gasteiger partial charge in [0.25, 0.3) is 0 Å². The van der Waals surface area contributed by atoms with Gasteiger partial charge in [0.05, 0.1) is 0 Å². The summed E-state index contributed by atoms with van der Waals surface area (Å²) in [5.41, 5.74) is 1.36. The molecule has 294 valence electrons. The topological polar surface area (TPSA) is 155 Å². The molecule has 0 bridgehead atoms. The fourth-order valence-electron chi connectivity index (χ4n) is 7.72. The van der Waals surface area contributed by atoms with Crippen LogP contribution < -0.4 is 35.2 Å². The Labute approximate surface area is 353 Å². The number of aromatic nitrogens is 3. The molecule has 2 N–H and O–H groups in total. The number of allylic oxidation sites excluding steroid dienone is 1. The van der Waals surface area contributed by atoms with Crippen LogP contribution in [0.5, 0.6) is 0 Å². The number of benzene rings is 2. The molecule has 0 radical (unpaired) electrons. The van der Waals surface area contributed by atoms with Crippen molar-refractivity contribution in [2.75, 3.05) is 18.8 Å². The van der Waals surface area contributed by atoms with Crippen molar-refractivity contribution in [2.24, 2.45) is 28.7 Å². The average molecular weight is 802 g/mol. The molecule has 2 aliphatic rings. The number of fused-ring (bicyclic) bond motifs is 1. The van der Waals surface area contributed by atoms with E-state index in [2.05, 4.69) is 45.7 Å². The smallest absolute Gasteiger partial charge is 0.458 e. The number of nitrogens with zero attached hydrogens (tertiary/aromatic N) is 5. The van der Waals surface area contributed by atoms with Gasteiger partial charge in [-0.3, -0.25) is 4.99 Å². The maximum Gasteiger partial charge on any atom is 1.00 e. The zero-order valence-corrected chi connectivity index (χ0v) is 37.5. The summed E-state index contributed by atoms with van der Waals surface area (Å²) < 4.78 is 36.2. The quantitative estimate of drug-likeness (QED) is 0.0950. The van der Waals surface area contributed by atoms with Crippen LogP contribution in [0.3, 0.4) is 0 Å². The van der Waals surface area contributed by atoms with Crippen molar-refractivity contribution in [1.82, 2.24) is 18.8 Å². The van der Waals surface area contributed by atoms with Crippen LogP contribution in [0.1, 0.15) is 104 Å². The fraction of sp³-hybridized carbons (Fsp3) is 0.537. The maximum absolute atomic E-state index is 14.7. The molecule has 1 aliphatic heterocycles. The van der Waals surface area contributed by atoms with Crippen LogP contribution in [0.25, 0.3) is 11.1 Å². The molecule has 3 aromatic rings. The minimum atomic E-state index is -3.87. The largest absolute Gasteiger partial charge is 1.00 e. The Bertz CT molecular complexity index is 2000. The van der Waals surface area contributed by atoms with E-state index in [1.165, 1.54) is 26.7 Å². The van der Waals surface area contributed by atoms with Gasteiger partial charge in [-0.15, -0.1) is 12.1 Å². The summed E-state index contributed by atoms with van der Waals surface area (Å²) >= 11 is 1.42. The summed E-state index contributed by atoms with van der Waals surface area (Å²) in [4.78, 5) is 43.1. The number of hydrogen-bond donors (Lipinski definition) is 0. The number of carbonyl (C=O) groups excluding carboxylic acids is 1. The Morgan fingerprint density at radius 2 is 1.71 bits per heavy atom. The van der Waals surface area contributed by atoms with E-state index < -0.39 is 21.7 Å². The minimum Gasteiger partial charge on any atom is -0.458 e. The maximum atomic E-state index is 14.7. The molecule has 0 spiro atoms. The average Bonchev–Trinajstić information content (AvgIpc) is 3.44. The zero-order valence-electron chi connectivity index (χ0n) is 33.9. The second kappa shape index (κ2) is 20.7. The van der Waals surface area contributed by atoms with Crippen molar-refractivity contribution < 1.29 is 53.0 Å². The van der Waals surface area contributed by atoms with E-state index in [9.17, 15) is 18.0 Å². The van der Waals surface area contributed by atoms with Crippen LogP contribution in [-0.2, 0) is 19.6 Å². The molecule has 1 fully saturated rings. The molecule has 3 atom stereocenters. The predicted octanol–water partition coefficient (Wildman–Crippen LogP) is 4.38. The van der Waals surface area contributed by atoms with Gasteiger partial charge in [0.1, 0.15) is 17.5 Å². The van der Waals surface area contributed by atoms with Gasteiger partial charge in [-0.05, 0) is 59.1 Å². The summed E-state index contributed by atoms with van der Waals surface area (Å²) in [6, 6.07) is 15.4. The van der Waals surface area contributed by atoms with E-state index in [0.29, 0.717) is 46.8 Å². The van der Waals surface area contributed by atoms with E-state index in [1.54, 1.807) is 26.8 Å². The van der Waals surface area contributed by atoms with Crippen LogP contribution in [0.4, 0.5) is 5.69 Å². The number of unbranched alkanes of at least 4 members (excludes halogenated alkanes) is 1. The van der Waals surface area contributed by atoms with Gasteiger partial charge < -0.3 is 10.2 Å². The molecule has 5 rings (SSSR count). The SMILES string of the molecule is CCCCC(CC)CSc1nc2n(c(=O)n1)C(=Nc1cc(C)[c-]c(S(=O)(=O)N(CC)CC)c1)C(c1ccccc1)=C2C(=O)OC1C(C)CC(C)CC1C.O.[Na+]. The molecule has 1 saturated carbocycles. The Kier molecular flexibility index (Phi) is 17.6. The number of rotatable bonds is 15. The standard InChI is InChI=1S/C41H54N5O5S2.Na.H2O/c1-9-13-17-30(10-2)25-52-40-43-38-35(39(47)51-36-28(7)20-26(5)21-29(36)8)34(31-18-15-14-16-19-31)37(46(38)41(48)44-40)42-32-22-27(6)23-33(24-32)53(49,50)45(11-3)12-4;;/h14-16,18-19,22,24,26,28-30,36H,9-13,17,20-21,25H2,1-8H3;;1H2/q-1;+1;. The summed E-state index contributed by atoms with van der Waals surface area (Å²) in [5.74, 6) is 1.68. The van der Waals surface area contributed by atoms with Gasteiger partial charge in [-0.25, -0.2) is 31.9 Å². The number of thioether (sulfide) groups is 1. The summed E-state index contributed by atoms with van der Waals surface area (Å²) in [5, 5.41) is 0.293. The van der Waals surface area contributed by atoms with Crippen LogP contribution >= 0.6 is 11.8 Å². The Morgan fingerprint density at radius 1 is 1.05 bits per heavy atom. The van der Waals surface area contributed by atoms with Gasteiger partial charge in [-0.2, -0.15) is 16.6 Å². The molecular weight excluding hydrogens is 746 g/mol. The molecule has 2 heterocycles. The van der Waals surface area contributed by atoms with Crippen LogP contribution in [-0.4, -0.2) is 69.5 Å². The molecule has 11 nitrogen and oxygen atoms in total. The monoisotopic (exact) mass is 801 g/mol. The summed E-state index contributed by atoms with van der Waals surface area (Å²) in [6.07, 6.45) is 5.88. The minimum absolute atomic E-state index is 0. The number of aliphatic imine (C=N–C) groups is 1. The third kappa shape index (κ3) is 10.7. The Morgan fingerprint density at radius 3 is 2.31 bits per heavy atom. The molecule has 1 aliphatic carbocycles. The first-order valence-electron chi connectivity index (χ1n) is 19.1. The van der Waals surface area contributed by atoms with Gasteiger partial charge >= 0.3 is 41.2 Å². The molecular formula is C41H56N5NaO6S2. The van der Waals surface area contributed by atoms with E-state index >= 15 is 0 Å². The van der Waals surface area contributed by atoms with Crippen molar-refractivity contribution in [3.8, 4) is 0 Å². The van der Waals surface area contributed by atoms with Gasteiger partial charge in [0, 0.05) is 24.4 Å². The first kappa shape index (κ1) is 46.7. The van der Waals surface area contributed by atoms with Crippen LogP contribution in [0, 0.1) is 36.7 Å². The number of esters is 1. The van der Waals surface area contributed by atoms with E-state index in [0.717, 1.165) is 44.3 Å². The fourth-order valence-corrected chi connectivity index (χ4v) is 10.3. The van der Waals surface area contributed by atoms with Crippen molar-refractivity contribution in [3.63, 3.8) is 0 Å². The van der Waals surface area contributed by atoms with Gasteiger partial charge in [0.15, 0.2) is 11.0 Å². The summed E-state index contributed by atoms with van der Waals surface area (Å²) in [7, 11) is -3.87. The van der Waals surface area contributed by atoms with E-state index in [4.69, 9.17) is 14.7 Å². The molecule has 0 amide bonds. The zero-order chi connectivity index (χ0) is 38.4. The van der Waals surface area contributed by atoms with Crippen molar-refractivity contribution in [1.29, 1.82) is 0 Å². The number of carbonyl (C=O) groups is 1. The van der Waals surface area contributed by atoms with Crippen molar-refractivity contribution >= 4 is 50.4 Å². The second-order valence-corrected chi connectivity index (χ2v) is 17.5. The molecule has 2 aromatic carbocycles. The van der Waals surface area contributed by atoms with Crippen LogP contribution in [0.2, 0.25) is 0 Å². The van der Waals surface area contributed by atoms with Crippen molar-refractivity contribution in [3.05, 3.63) is 76.0 Å². The normalized spacial score (nSPS) is 20.9. The third-order valence-corrected chi connectivity index (χ3v) is 13.4. The third-order valence-electron chi connectivity index (χ3n) is 10.4. The van der Waals surface area contributed by atoms with Gasteiger partial charge in [0.2, 0.25) is 10.0 Å². The molecule has 1 aromatic heterocycles. The molecule has 14 heteroatoms. The van der Waals surface area contributed by atoms with E-state index in [-0.39, 0.29) is 80.8 Å². The first-order valence-corrected chi connectivity index (χ1v) is 21.5. The van der Waals surface area contributed by atoms with Crippen LogP contribution in [0.15, 0.2) is 62.3 Å².